The van der Waals surface area contributed by atoms with Gasteiger partial charge in [0, 0.05) is 0 Å². The molecule has 2 aromatic rings. The number of carbonyl (C=O) groups is 1. The summed E-state index contributed by atoms with van der Waals surface area (Å²) < 4.78 is 73.6. The molecule has 12 heteroatoms. The van der Waals surface area contributed by atoms with E-state index in [4.69, 9.17) is 13.8 Å². The molecule has 0 amide bonds. The fourth-order valence-electron chi connectivity index (χ4n) is 2.13. The summed E-state index contributed by atoms with van der Waals surface area (Å²) in [4.78, 5) is 12.3. The number of benzene rings is 2. The van der Waals surface area contributed by atoms with Crippen LogP contribution in [-0.4, -0.2) is 38.8 Å². The Balaban J connectivity index is 2.10. The normalized spacial score (nSPS) is 12.6. The van der Waals surface area contributed by atoms with Gasteiger partial charge in [-0.05, 0) is 47.5 Å². The van der Waals surface area contributed by atoms with Crippen LogP contribution in [0.1, 0.15) is 11.1 Å². The monoisotopic (exact) mass is 456 g/mol. The van der Waals surface area contributed by atoms with E-state index >= 15 is 0 Å². The van der Waals surface area contributed by atoms with Gasteiger partial charge in [-0.3, -0.25) is 13.9 Å². The maximum atomic E-state index is 12.3. The summed E-state index contributed by atoms with van der Waals surface area (Å²) in [7, 11) is -7.95. The number of methoxy groups -OCH3 is 1. The summed E-state index contributed by atoms with van der Waals surface area (Å²) >= 11 is 0. The van der Waals surface area contributed by atoms with Crippen molar-refractivity contribution >= 4 is 38.7 Å². The van der Waals surface area contributed by atoms with Gasteiger partial charge in [0.25, 0.3) is 0 Å². The average Bonchev–Trinajstić information content (AvgIpc) is 2.64. The Bertz CT molecular complexity index is 1160. The summed E-state index contributed by atoms with van der Waals surface area (Å²) in [5.41, 5.74) is 1.05. The van der Waals surface area contributed by atoms with Crippen LogP contribution >= 0.6 is 0 Å². The molecule has 0 fully saturated rings. The second-order valence-corrected chi connectivity index (χ2v) is 7.61. The van der Waals surface area contributed by atoms with Gasteiger partial charge >= 0.3 is 20.8 Å². The lowest BCUT2D eigenvalue weighted by Crippen LogP contribution is -2.06. The maximum absolute atomic E-state index is 12.3. The van der Waals surface area contributed by atoms with Gasteiger partial charge in [0.15, 0.2) is 5.76 Å². The van der Waals surface area contributed by atoms with Crippen LogP contribution in [-0.2, 0) is 30.3 Å². The molecule has 0 unspecified atom stereocenters. The molecule has 0 aliphatic heterocycles. The van der Waals surface area contributed by atoms with Crippen LogP contribution < -0.4 is 8.37 Å². The third-order valence-electron chi connectivity index (χ3n) is 3.35. The number of ketones is 1. The number of carbonyl (C=O) groups excluding carboxylic acids is 1. The Hall–Kier alpha value is -3.19. The molecule has 0 saturated carbocycles. The SMILES string of the molecule is COC(=Cc1ccc(OS(=O)(=O)O)cc1)C(=O)C=Cc1ccc(OS(=O)(=O)O)cc1. The lowest BCUT2D eigenvalue weighted by atomic mass is 10.1. The first-order valence-electron chi connectivity index (χ1n) is 7.97. The predicted octanol–water partition coefficient (Wildman–Crippen LogP) is 2.32. The molecule has 160 valence electrons. The van der Waals surface area contributed by atoms with Crippen LogP contribution in [0.15, 0.2) is 60.4 Å². The Morgan fingerprint density at radius 1 is 0.800 bits per heavy atom. The van der Waals surface area contributed by atoms with Crippen molar-refractivity contribution in [3.8, 4) is 11.5 Å². The van der Waals surface area contributed by atoms with Crippen LogP contribution in [0.2, 0.25) is 0 Å². The molecule has 0 bridgehead atoms. The van der Waals surface area contributed by atoms with E-state index in [1.165, 1.54) is 73.9 Å². The van der Waals surface area contributed by atoms with Crippen LogP contribution in [0.5, 0.6) is 11.5 Å². The average molecular weight is 456 g/mol. The molecule has 0 aromatic heterocycles. The van der Waals surface area contributed by atoms with E-state index in [0.717, 1.165) is 0 Å². The van der Waals surface area contributed by atoms with Crippen molar-refractivity contribution in [3.63, 3.8) is 0 Å². The van der Waals surface area contributed by atoms with Gasteiger partial charge in [-0.1, -0.05) is 30.3 Å². The molecule has 0 spiro atoms. The molecule has 0 aliphatic rings. The van der Waals surface area contributed by atoms with Gasteiger partial charge in [0.2, 0.25) is 5.78 Å². The first-order valence-corrected chi connectivity index (χ1v) is 10.7. The molecule has 30 heavy (non-hydrogen) atoms. The highest BCUT2D eigenvalue weighted by Gasteiger charge is 2.09. The number of hydrogen-bond donors (Lipinski definition) is 2. The minimum Gasteiger partial charge on any atom is -0.493 e. The Labute approximate surface area is 172 Å². The van der Waals surface area contributed by atoms with Gasteiger partial charge in [-0.15, -0.1) is 0 Å². The summed E-state index contributed by atoms with van der Waals surface area (Å²) in [6.07, 6.45) is 4.09. The number of ether oxygens (including phenoxy) is 1. The fourth-order valence-corrected chi connectivity index (χ4v) is 2.84. The van der Waals surface area contributed by atoms with Crippen molar-refractivity contribution in [3.05, 3.63) is 71.5 Å². The first kappa shape index (κ1) is 23.1. The highest BCUT2D eigenvalue weighted by Crippen LogP contribution is 2.18. The standard InChI is InChI=1S/C18H16O10S2/c1-26-18(12-14-4-9-16(10-5-14)28-30(23,24)25)17(19)11-6-13-2-7-15(8-3-13)27-29(20,21)22/h2-12H,1H3,(H,20,21,22)(H,23,24,25). The van der Waals surface area contributed by atoms with E-state index in [1.807, 2.05) is 0 Å². The van der Waals surface area contributed by atoms with Crippen molar-refractivity contribution in [2.75, 3.05) is 7.11 Å². The van der Waals surface area contributed by atoms with Crippen LogP contribution in [0.3, 0.4) is 0 Å². The highest BCUT2D eigenvalue weighted by molar-refractivity contribution is 7.81. The predicted molar refractivity (Wildman–Crippen MR) is 106 cm³/mol. The second kappa shape index (κ2) is 9.54. The summed E-state index contributed by atoms with van der Waals surface area (Å²) in [6, 6.07) is 11.0. The molecule has 10 nitrogen and oxygen atoms in total. The van der Waals surface area contributed by atoms with E-state index < -0.39 is 26.6 Å². The van der Waals surface area contributed by atoms with Crippen LogP contribution in [0.25, 0.3) is 12.2 Å². The molecule has 2 N–H and O–H groups in total. The molecule has 2 aromatic carbocycles. The number of allylic oxidation sites excluding steroid dienone is 1. The fraction of sp³-hybridized carbons (Fsp3) is 0.0556. The third-order valence-corrected chi connectivity index (χ3v) is 4.16. The second-order valence-electron chi connectivity index (χ2n) is 5.57. The van der Waals surface area contributed by atoms with E-state index in [2.05, 4.69) is 8.37 Å². The smallest absolute Gasteiger partial charge is 0.446 e. The van der Waals surface area contributed by atoms with E-state index in [-0.39, 0.29) is 17.3 Å². The molecule has 0 atom stereocenters. The van der Waals surface area contributed by atoms with E-state index in [1.54, 1.807) is 0 Å². The van der Waals surface area contributed by atoms with Crippen LogP contribution in [0, 0.1) is 0 Å². The molecule has 2 rings (SSSR count). The first-order chi connectivity index (χ1) is 13.9. The van der Waals surface area contributed by atoms with Crippen molar-refractivity contribution < 1.29 is 43.8 Å². The van der Waals surface area contributed by atoms with Crippen LogP contribution in [0.4, 0.5) is 0 Å². The zero-order valence-electron chi connectivity index (χ0n) is 15.3. The Morgan fingerprint density at radius 2 is 1.23 bits per heavy atom. The van der Waals surface area contributed by atoms with E-state index in [9.17, 15) is 21.6 Å². The van der Waals surface area contributed by atoms with Gasteiger partial charge in [-0.25, -0.2) is 0 Å². The molecular formula is C18H16O10S2. The van der Waals surface area contributed by atoms with Gasteiger partial charge < -0.3 is 13.1 Å². The number of rotatable bonds is 9. The van der Waals surface area contributed by atoms with Crippen molar-refractivity contribution in [2.45, 2.75) is 0 Å². The maximum Gasteiger partial charge on any atom is 0.446 e. The molecule has 0 aliphatic carbocycles. The lowest BCUT2D eigenvalue weighted by molar-refractivity contribution is -0.113. The molecular weight excluding hydrogens is 440 g/mol. The van der Waals surface area contributed by atoms with Gasteiger partial charge in [0.1, 0.15) is 11.5 Å². The number of hydrogen-bond acceptors (Lipinski definition) is 8. The van der Waals surface area contributed by atoms with Crippen molar-refractivity contribution in [2.24, 2.45) is 0 Å². The van der Waals surface area contributed by atoms with Gasteiger partial charge in [0.05, 0.1) is 7.11 Å². The topological polar surface area (TPSA) is 154 Å². The van der Waals surface area contributed by atoms with Crippen molar-refractivity contribution in [1.82, 2.24) is 0 Å². The summed E-state index contributed by atoms with van der Waals surface area (Å²) in [5.74, 6) is -0.698. The summed E-state index contributed by atoms with van der Waals surface area (Å²) in [6.45, 7) is 0. The Kier molecular flexibility index (Phi) is 7.34. The van der Waals surface area contributed by atoms with E-state index in [0.29, 0.717) is 11.1 Å². The zero-order chi connectivity index (χ0) is 22.4. The third kappa shape index (κ3) is 8.05. The Morgan fingerprint density at radius 3 is 1.63 bits per heavy atom. The lowest BCUT2D eigenvalue weighted by Gasteiger charge is -2.04. The highest BCUT2D eigenvalue weighted by atomic mass is 32.3. The van der Waals surface area contributed by atoms with Crippen molar-refractivity contribution in [1.29, 1.82) is 0 Å². The van der Waals surface area contributed by atoms with Gasteiger partial charge in [-0.2, -0.15) is 16.8 Å². The quantitative estimate of drug-likeness (QED) is 0.326. The minimum absolute atomic E-state index is 0.0129. The molecule has 0 heterocycles. The molecule has 0 saturated heterocycles. The minimum atomic E-state index is -4.63. The summed E-state index contributed by atoms with van der Waals surface area (Å²) in [5, 5.41) is 0. The molecule has 0 radical (unpaired) electrons. The largest absolute Gasteiger partial charge is 0.493 e. The zero-order valence-corrected chi connectivity index (χ0v) is 17.0.